The van der Waals surface area contributed by atoms with Gasteiger partial charge in [-0.25, -0.2) is 4.99 Å². The summed E-state index contributed by atoms with van der Waals surface area (Å²) >= 11 is 1.41. The molecule has 0 bridgehead atoms. The molecule has 8 heteroatoms. The molecule has 0 saturated heterocycles. The van der Waals surface area contributed by atoms with Crippen LogP contribution < -0.4 is 5.32 Å². The molecule has 0 aliphatic rings. The summed E-state index contributed by atoms with van der Waals surface area (Å²) in [6.45, 7) is 0. The Labute approximate surface area is 187 Å². The van der Waals surface area contributed by atoms with Crippen LogP contribution in [0.1, 0.15) is 26.4 Å². The zero-order chi connectivity index (χ0) is 21.9. The van der Waals surface area contributed by atoms with E-state index in [2.05, 4.69) is 25.5 Å². The molecule has 0 aliphatic carbocycles. The summed E-state index contributed by atoms with van der Waals surface area (Å²) in [4.78, 5) is 20.2. The molecule has 3 aromatic heterocycles. The van der Waals surface area contributed by atoms with E-state index in [4.69, 9.17) is 0 Å². The number of hydrogen-bond acceptors (Lipinski definition) is 5. The number of carbonyl (C=O) groups is 1. The molecule has 7 nitrogen and oxygen atoms in total. The van der Waals surface area contributed by atoms with E-state index in [0.717, 1.165) is 34.1 Å². The van der Waals surface area contributed by atoms with Gasteiger partial charge in [0.25, 0.3) is 5.91 Å². The maximum Gasteiger partial charge on any atom is 0.265 e. The second kappa shape index (κ2) is 8.52. The van der Waals surface area contributed by atoms with E-state index in [0.29, 0.717) is 16.3 Å². The Morgan fingerprint density at radius 1 is 1.12 bits per heavy atom. The molecule has 1 amide bonds. The molecule has 0 saturated carbocycles. The Hall–Kier alpha value is -4.17. The lowest BCUT2D eigenvalue weighted by atomic mass is 10.0. The summed E-state index contributed by atoms with van der Waals surface area (Å²) in [6.07, 6.45) is 3.97. The Bertz CT molecular complexity index is 1380. The van der Waals surface area contributed by atoms with Gasteiger partial charge in [0.05, 0.1) is 16.6 Å². The van der Waals surface area contributed by atoms with Crippen molar-refractivity contribution in [3.05, 3.63) is 93.8 Å². The number of anilines is 1. The van der Waals surface area contributed by atoms with Gasteiger partial charge in [-0.2, -0.15) is 5.10 Å². The monoisotopic (exact) mass is 441 g/mol. The van der Waals surface area contributed by atoms with Gasteiger partial charge < -0.3 is 15.4 Å². The molecule has 0 spiro atoms. The minimum absolute atomic E-state index is 0.0752. The van der Waals surface area contributed by atoms with Gasteiger partial charge in [-0.3, -0.25) is 9.89 Å². The molecular formula is C24H19N5O2S. The lowest BCUT2D eigenvalue weighted by Gasteiger charge is -2.06. The Kier molecular flexibility index (Phi) is 5.27. The van der Waals surface area contributed by atoms with Crippen molar-refractivity contribution < 1.29 is 9.90 Å². The molecule has 0 fully saturated rings. The normalized spacial score (nSPS) is 11.4. The first-order valence-corrected chi connectivity index (χ1v) is 10.8. The smallest absolute Gasteiger partial charge is 0.265 e. The molecular weight excluding hydrogens is 422 g/mol. The van der Waals surface area contributed by atoms with Gasteiger partial charge in [-0.15, -0.1) is 11.3 Å². The van der Waals surface area contributed by atoms with Gasteiger partial charge in [-0.05, 0) is 53.3 Å². The maximum absolute atomic E-state index is 12.2. The van der Waals surface area contributed by atoms with Crippen LogP contribution in [0.2, 0.25) is 0 Å². The van der Waals surface area contributed by atoms with E-state index in [1.54, 1.807) is 24.5 Å². The summed E-state index contributed by atoms with van der Waals surface area (Å²) in [5, 5.41) is 22.6. The number of amides is 1. The summed E-state index contributed by atoms with van der Waals surface area (Å²) in [5.41, 5.74) is 4.44. The van der Waals surface area contributed by atoms with Crippen molar-refractivity contribution >= 4 is 45.9 Å². The van der Waals surface area contributed by atoms with E-state index in [-0.39, 0.29) is 11.8 Å². The summed E-state index contributed by atoms with van der Waals surface area (Å²) < 4.78 is 0. The fourth-order valence-electron chi connectivity index (χ4n) is 3.48. The van der Waals surface area contributed by atoms with Gasteiger partial charge in [0, 0.05) is 28.9 Å². The second-order valence-electron chi connectivity index (χ2n) is 7.27. The summed E-state index contributed by atoms with van der Waals surface area (Å²) in [6, 6.07) is 19.3. The SMILES string of the molecule is O=C(Nc1ccc(Cc2ccc3[nH]c(O)c(C=Nc4ccn[nH]4)c3c2)cc1)c1cccs1. The number of aromatic amines is 2. The number of aliphatic imine (C=N–C) groups is 1. The fourth-order valence-corrected chi connectivity index (χ4v) is 4.10. The first-order valence-electron chi connectivity index (χ1n) is 9.96. The number of rotatable bonds is 6. The first-order chi connectivity index (χ1) is 15.7. The van der Waals surface area contributed by atoms with Crippen LogP contribution in [0.25, 0.3) is 10.9 Å². The molecule has 32 heavy (non-hydrogen) atoms. The topological polar surface area (TPSA) is 106 Å². The third-order valence-corrected chi connectivity index (χ3v) is 5.93. The van der Waals surface area contributed by atoms with Gasteiger partial charge in [0.15, 0.2) is 5.88 Å². The number of aromatic nitrogens is 3. The third-order valence-electron chi connectivity index (χ3n) is 5.07. The largest absolute Gasteiger partial charge is 0.494 e. The van der Waals surface area contributed by atoms with Crippen LogP contribution in [0.15, 0.2) is 77.2 Å². The lowest BCUT2D eigenvalue weighted by Crippen LogP contribution is -2.09. The summed E-state index contributed by atoms with van der Waals surface area (Å²) in [7, 11) is 0. The zero-order valence-corrected chi connectivity index (χ0v) is 17.7. The average molecular weight is 442 g/mol. The molecule has 0 unspecified atom stereocenters. The van der Waals surface area contributed by atoms with E-state index >= 15 is 0 Å². The van der Waals surface area contributed by atoms with Crippen LogP contribution in [0.5, 0.6) is 5.88 Å². The molecule has 0 aliphatic heterocycles. The Morgan fingerprint density at radius 3 is 2.72 bits per heavy atom. The zero-order valence-electron chi connectivity index (χ0n) is 16.9. The highest BCUT2D eigenvalue weighted by molar-refractivity contribution is 7.12. The van der Waals surface area contributed by atoms with Crippen molar-refractivity contribution in [1.82, 2.24) is 15.2 Å². The highest BCUT2D eigenvalue weighted by Gasteiger charge is 2.11. The van der Waals surface area contributed by atoms with Crippen LogP contribution in [-0.4, -0.2) is 32.4 Å². The standard InChI is InChI=1S/C24H19N5O2S/c30-23-19(14-25-22-9-10-26-29-22)18-13-16(5-8-20(18)28-23)12-15-3-6-17(7-4-15)27-24(31)21-2-1-11-32-21/h1-11,13-14,28,30H,12H2,(H,26,29)(H,27,31). The number of H-pyrrole nitrogens is 2. The van der Waals surface area contributed by atoms with E-state index in [1.165, 1.54) is 11.3 Å². The maximum atomic E-state index is 12.2. The number of nitrogens with zero attached hydrogens (tertiary/aromatic N) is 2. The Morgan fingerprint density at radius 2 is 1.97 bits per heavy atom. The molecule has 158 valence electrons. The number of thiophene rings is 1. The second-order valence-corrected chi connectivity index (χ2v) is 8.22. The predicted octanol–water partition coefficient (Wildman–Crippen LogP) is 5.25. The third kappa shape index (κ3) is 4.17. The number of benzene rings is 2. The van der Waals surface area contributed by atoms with Gasteiger partial charge in [0.2, 0.25) is 0 Å². The lowest BCUT2D eigenvalue weighted by molar-refractivity contribution is 0.103. The van der Waals surface area contributed by atoms with Crippen LogP contribution in [0.4, 0.5) is 11.5 Å². The van der Waals surface area contributed by atoms with Crippen molar-refractivity contribution in [2.75, 3.05) is 5.32 Å². The quantitative estimate of drug-likeness (QED) is 0.270. The number of carbonyl (C=O) groups excluding carboxylic acids is 1. The van der Waals surface area contributed by atoms with Crippen LogP contribution >= 0.6 is 11.3 Å². The molecule has 5 aromatic rings. The predicted molar refractivity (Wildman–Crippen MR) is 127 cm³/mol. The molecule has 5 rings (SSSR count). The van der Waals surface area contributed by atoms with E-state index in [9.17, 15) is 9.90 Å². The van der Waals surface area contributed by atoms with Crippen molar-refractivity contribution in [3.63, 3.8) is 0 Å². The van der Waals surface area contributed by atoms with Gasteiger partial charge >= 0.3 is 0 Å². The molecule has 3 heterocycles. The van der Waals surface area contributed by atoms with E-state index in [1.807, 2.05) is 53.9 Å². The molecule has 0 atom stereocenters. The van der Waals surface area contributed by atoms with Crippen molar-refractivity contribution in [2.45, 2.75) is 6.42 Å². The average Bonchev–Trinajstić information content (AvgIpc) is 3.55. The van der Waals surface area contributed by atoms with Crippen LogP contribution in [-0.2, 0) is 6.42 Å². The summed E-state index contributed by atoms with van der Waals surface area (Å²) in [5.74, 6) is 0.585. The molecule has 0 radical (unpaired) electrons. The highest BCUT2D eigenvalue weighted by Crippen LogP contribution is 2.28. The minimum atomic E-state index is -0.102. The van der Waals surface area contributed by atoms with Crippen LogP contribution in [0.3, 0.4) is 0 Å². The first kappa shape index (κ1) is 19.8. The molecule has 4 N–H and O–H groups in total. The fraction of sp³-hybridized carbons (Fsp3) is 0.0417. The van der Waals surface area contributed by atoms with E-state index < -0.39 is 0 Å². The number of nitrogens with one attached hydrogen (secondary N) is 3. The molecule has 2 aromatic carbocycles. The van der Waals surface area contributed by atoms with Crippen molar-refractivity contribution in [2.24, 2.45) is 4.99 Å². The van der Waals surface area contributed by atoms with Crippen molar-refractivity contribution in [3.8, 4) is 5.88 Å². The number of fused-ring (bicyclic) bond motifs is 1. The Balaban J connectivity index is 1.34. The van der Waals surface area contributed by atoms with Gasteiger partial charge in [-0.1, -0.05) is 24.3 Å². The highest BCUT2D eigenvalue weighted by atomic mass is 32.1. The van der Waals surface area contributed by atoms with Gasteiger partial charge in [0.1, 0.15) is 5.82 Å². The number of aromatic hydroxyl groups is 1. The minimum Gasteiger partial charge on any atom is -0.494 e. The van der Waals surface area contributed by atoms with Crippen LogP contribution in [0, 0.1) is 0 Å². The number of hydrogen-bond donors (Lipinski definition) is 4. The van der Waals surface area contributed by atoms with Crippen molar-refractivity contribution in [1.29, 1.82) is 0 Å².